The summed E-state index contributed by atoms with van der Waals surface area (Å²) in [5.41, 5.74) is 2.56. The fourth-order valence-electron chi connectivity index (χ4n) is 2.45. The van der Waals surface area contributed by atoms with Gasteiger partial charge in [0, 0.05) is 43.3 Å². The summed E-state index contributed by atoms with van der Waals surface area (Å²) in [4.78, 5) is 4.14. The van der Waals surface area contributed by atoms with E-state index < -0.39 is 21.6 Å². The summed E-state index contributed by atoms with van der Waals surface area (Å²) in [6.45, 7) is 0.0788. The summed E-state index contributed by atoms with van der Waals surface area (Å²) in [6, 6.07) is 9.52. The molecule has 0 amide bonds. The molecule has 1 N–H and O–H groups in total. The monoisotopic (exact) mass is 360 g/mol. The minimum absolute atomic E-state index is 0.0788. The van der Waals surface area contributed by atoms with Crippen LogP contribution in [0.1, 0.15) is 11.1 Å². The Labute approximate surface area is 145 Å². The molecule has 6 nitrogen and oxygen atoms in total. The first-order valence-electron chi connectivity index (χ1n) is 7.58. The van der Waals surface area contributed by atoms with Gasteiger partial charge in [0.1, 0.15) is 5.82 Å². The number of pyridine rings is 1. The number of hydrogen-bond acceptors (Lipinski definition) is 4. The van der Waals surface area contributed by atoms with Gasteiger partial charge in [-0.2, -0.15) is 5.10 Å². The molecule has 0 atom stereocenters. The molecule has 0 unspecified atom stereocenters. The molecular formula is C17H17FN4O2S. The highest BCUT2D eigenvalue weighted by molar-refractivity contribution is 7.88. The van der Waals surface area contributed by atoms with E-state index in [9.17, 15) is 12.8 Å². The summed E-state index contributed by atoms with van der Waals surface area (Å²) in [5.74, 6) is -0.943. The van der Waals surface area contributed by atoms with Crippen LogP contribution in [0.15, 0.2) is 55.0 Å². The van der Waals surface area contributed by atoms with Crippen molar-refractivity contribution in [1.82, 2.24) is 19.5 Å². The quantitative estimate of drug-likeness (QED) is 0.731. The van der Waals surface area contributed by atoms with Crippen molar-refractivity contribution in [2.24, 2.45) is 7.05 Å². The van der Waals surface area contributed by atoms with Crippen molar-refractivity contribution >= 4 is 10.0 Å². The van der Waals surface area contributed by atoms with E-state index in [0.29, 0.717) is 5.56 Å². The normalized spacial score (nSPS) is 11.6. The molecule has 0 aliphatic rings. The molecular weight excluding hydrogens is 343 g/mol. The number of aromatic nitrogens is 3. The highest BCUT2D eigenvalue weighted by atomic mass is 32.2. The zero-order chi connectivity index (χ0) is 17.9. The number of sulfonamides is 1. The van der Waals surface area contributed by atoms with Crippen LogP contribution in [0.5, 0.6) is 0 Å². The Morgan fingerprint density at radius 1 is 1.20 bits per heavy atom. The van der Waals surface area contributed by atoms with Gasteiger partial charge in [0.15, 0.2) is 0 Å². The average Bonchev–Trinajstić information content (AvgIpc) is 3.01. The Morgan fingerprint density at radius 3 is 2.72 bits per heavy atom. The van der Waals surface area contributed by atoms with Gasteiger partial charge in [-0.25, -0.2) is 17.5 Å². The fourth-order valence-corrected chi connectivity index (χ4v) is 3.58. The van der Waals surface area contributed by atoms with Gasteiger partial charge in [-0.3, -0.25) is 9.67 Å². The van der Waals surface area contributed by atoms with Gasteiger partial charge in [-0.05, 0) is 23.8 Å². The molecule has 130 valence electrons. The van der Waals surface area contributed by atoms with Crippen molar-refractivity contribution < 1.29 is 12.8 Å². The smallest absolute Gasteiger partial charge is 0.216 e. The molecule has 0 bridgehead atoms. The zero-order valence-electron chi connectivity index (χ0n) is 13.6. The van der Waals surface area contributed by atoms with Crippen molar-refractivity contribution in [3.8, 4) is 11.3 Å². The van der Waals surface area contributed by atoms with Gasteiger partial charge < -0.3 is 0 Å². The van der Waals surface area contributed by atoms with Gasteiger partial charge in [0.25, 0.3) is 0 Å². The number of benzene rings is 1. The van der Waals surface area contributed by atoms with E-state index in [2.05, 4.69) is 14.8 Å². The van der Waals surface area contributed by atoms with Crippen molar-refractivity contribution in [2.75, 3.05) is 0 Å². The fraction of sp³-hybridized carbons (Fsp3) is 0.176. The molecule has 0 radical (unpaired) electrons. The van der Waals surface area contributed by atoms with E-state index in [4.69, 9.17) is 0 Å². The third kappa shape index (κ3) is 4.28. The summed E-state index contributed by atoms with van der Waals surface area (Å²) >= 11 is 0. The summed E-state index contributed by atoms with van der Waals surface area (Å²) < 4.78 is 42.2. The maximum atomic E-state index is 13.6. The van der Waals surface area contributed by atoms with Crippen LogP contribution < -0.4 is 4.72 Å². The van der Waals surface area contributed by atoms with Crippen LogP contribution in [-0.4, -0.2) is 23.2 Å². The topological polar surface area (TPSA) is 76.9 Å². The Hall–Kier alpha value is -2.58. The number of halogens is 1. The number of aryl methyl sites for hydroxylation is 1. The second kappa shape index (κ2) is 7.12. The lowest BCUT2D eigenvalue weighted by molar-refractivity contribution is 0.574. The van der Waals surface area contributed by atoms with E-state index in [1.807, 2.05) is 19.2 Å². The summed E-state index contributed by atoms with van der Waals surface area (Å²) in [7, 11) is -1.85. The molecule has 3 rings (SSSR count). The minimum Gasteiger partial charge on any atom is -0.268 e. The zero-order valence-corrected chi connectivity index (χ0v) is 14.4. The number of nitrogens with one attached hydrogen (secondary N) is 1. The molecule has 0 saturated carbocycles. The predicted octanol–water partition coefficient (Wildman–Crippen LogP) is 2.24. The molecule has 0 fully saturated rings. The predicted molar refractivity (Wildman–Crippen MR) is 92.3 cm³/mol. The minimum atomic E-state index is -3.67. The lowest BCUT2D eigenvalue weighted by Crippen LogP contribution is -2.25. The van der Waals surface area contributed by atoms with Gasteiger partial charge in [0.2, 0.25) is 10.0 Å². The molecule has 0 spiro atoms. The SMILES string of the molecule is Cn1nccc1-c1cncc(CNS(=O)(=O)Cc2ccccc2F)c1. The van der Waals surface area contributed by atoms with Gasteiger partial charge in [-0.1, -0.05) is 18.2 Å². The first-order chi connectivity index (χ1) is 11.9. The molecule has 3 aromatic rings. The molecule has 0 saturated heterocycles. The van der Waals surface area contributed by atoms with E-state index >= 15 is 0 Å². The van der Waals surface area contributed by atoms with Crippen LogP contribution in [0, 0.1) is 5.82 Å². The van der Waals surface area contributed by atoms with Crippen molar-refractivity contribution in [2.45, 2.75) is 12.3 Å². The largest absolute Gasteiger partial charge is 0.268 e. The molecule has 1 aromatic carbocycles. The lowest BCUT2D eigenvalue weighted by atomic mass is 10.1. The number of hydrogen-bond donors (Lipinski definition) is 1. The molecule has 2 aromatic heterocycles. The Kier molecular flexibility index (Phi) is 4.91. The Balaban J connectivity index is 1.71. The van der Waals surface area contributed by atoms with Crippen LogP contribution in [0.2, 0.25) is 0 Å². The molecule has 25 heavy (non-hydrogen) atoms. The van der Waals surface area contributed by atoms with Crippen LogP contribution in [0.4, 0.5) is 4.39 Å². The van der Waals surface area contributed by atoms with Crippen LogP contribution in [0.25, 0.3) is 11.3 Å². The maximum absolute atomic E-state index is 13.6. The summed E-state index contributed by atoms with van der Waals surface area (Å²) in [6.07, 6.45) is 4.96. The van der Waals surface area contributed by atoms with E-state index in [1.165, 1.54) is 18.2 Å². The van der Waals surface area contributed by atoms with E-state index in [0.717, 1.165) is 11.3 Å². The first-order valence-corrected chi connectivity index (χ1v) is 9.23. The molecule has 8 heteroatoms. The molecule has 0 aliphatic carbocycles. The lowest BCUT2D eigenvalue weighted by Gasteiger charge is -2.09. The Morgan fingerprint density at radius 2 is 2.00 bits per heavy atom. The van der Waals surface area contributed by atoms with Crippen LogP contribution in [0.3, 0.4) is 0 Å². The second-order valence-electron chi connectivity index (χ2n) is 5.59. The van der Waals surface area contributed by atoms with Gasteiger partial charge >= 0.3 is 0 Å². The van der Waals surface area contributed by atoms with Gasteiger partial charge in [-0.15, -0.1) is 0 Å². The van der Waals surface area contributed by atoms with Crippen molar-refractivity contribution in [1.29, 1.82) is 0 Å². The van der Waals surface area contributed by atoms with Crippen molar-refractivity contribution in [3.05, 3.63) is 71.9 Å². The average molecular weight is 360 g/mol. The van der Waals surface area contributed by atoms with Crippen molar-refractivity contribution in [3.63, 3.8) is 0 Å². The van der Waals surface area contributed by atoms with Gasteiger partial charge in [0.05, 0.1) is 11.4 Å². The maximum Gasteiger partial charge on any atom is 0.216 e. The van der Waals surface area contributed by atoms with E-state index in [-0.39, 0.29) is 12.1 Å². The third-order valence-corrected chi connectivity index (χ3v) is 4.99. The van der Waals surface area contributed by atoms with E-state index in [1.54, 1.807) is 29.3 Å². The third-order valence-electron chi connectivity index (χ3n) is 3.71. The number of nitrogens with zero attached hydrogens (tertiary/aromatic N) is 3. The molecule has 0 aliphatic heterocycles. The number of rotatable bonds is 6. The van der Waals surface area contributed by atoms with Crippen LogP contribution >= 0.6 is 0 Å². The first kappa shape index (κ1) is 17.2. The second-order valence-corrected chi connectivity index (χ2v) is 7.40. The summed E-state index contributed by atoms with van der Waals surface area (Å²) in [5, 5.41) is 4.10. The standard InChI is InChI=1S/C17H17FN4O2S/c1-22-17(6-7-20-22)15-8-13(9-19-11-15)10-21-25(23,24)12-14-4-2-3-5-16(14)18/h2-9,11,21H,10,12H2,1H3. The highest BCUT2D eigenvalue weighted by Crippen LogP contribution is 2.18. The Bertz CT molecular complexity index is 986. The highest BCUT2D eigenvalue weighted by Gasteiger charge is 2.14. The van der Waals surface area contributed by atoms with Crippen LogP contribution in [-0.2, 0) is 29.4 Å². The molecule has 2 heterocycles.